The second kappa shape index (κ2) is 11.3. The molecule has 0 aliphatic heterocycles. The molecule has 49 heavy (non-hydrogen) atoms. The van der Waals surface area contributed by atoms with Gasteiger partial charge in [0.25, 0.3) is 0 Å². The molecule has 0 bridgehead atoms. The Morgan fingerprint density at radius 2 is 1.24 bits per heavy atom. The lowest BCUT2D eigenvalue weighted by Gasteiger charge is -2.18. The van der Waals surface area contributed by atoms with E-state index < -0.39 is 0 Å². The van der Waals surface area contributed by atoms with Crippen LogP contribution in [0.15, 0.2) is 140 Å². The van der Waals surface area contributed by atoms with Crippen LogP contribution in [0.4, 0.5) is 0 Å². The SMILES string of the molecule is CC1C=Cc2c(n(-c3ccc(C#N)c(-c4ccc(-c5ccccc5-n5c6ccccc6c6cccc(C#N)c65)cc4)c3)c3ccccc23)C1. The minimum Gasteiger partial charge on any atom is -0.313 e. The zero-order valence-corrected chi connectivity index (χ0v) is 26.9. The number of nitriles is 2. The fourth-order valence-corrected chi connectivity index (χ4v) is 7.74. The van der Waals surface area contributed by atoms with Gasteiger partial charge >= 0.3 is 0 Å². The fourth-order valence-electron chi connectivity index (χ4n) is 7.74. The second-order valence-corrected chi connectivity index (χ2v) is 12.9. The Hall–Kier alpha value is -6.62. The Balaban J connectivity index is 1.18. The summed E-state index contributed by atoms with van der Waals surface area (Å²) in [7, 11) is 0. The smallest absolute Gasteiger partial charge is 0.101 e. The highest BCUT2D eigenvalue weighted by Crippen LogP contribution is 2.39. The molecule has 0 amide bonds. The molecule has 4 nitrogen and oxygen atoms in total. The van der Waals surface area contributed by atoms with Gasteiger partial charge < -0.3 is 9.13 Å². The van der Waals surface area contributed by atoms with Crippen LogP contribution in [-0.4, -0.2) is 9.13 Å². The molecule has 1 unspecified atom stereocenters. The zero-order chi connectivity index (χ0) is 33.1. The van der Waals surface area contributed by atoms with E-state index in [0.717, 1.165) is 61.9 Å². The monoisotopic (exact) mass is 626 g/mol. The standard InChI is InChI=1S/C45H30N4/c1-29-17-24-38-36-11-3-6-15-42(36)48(44(38)25-29)34-23-22-32(27-46)40(26-34)31-20-18-30(19-21-31)35-10-2-5-14-41(35)49-43-16-7-4-12-37(43)39-13-8-9-33(28-47)45(39)49/h2-24,26,29H,25H2,1H3. The van der Waals surface area contributed by atoms with Crippen LogP contribution >= 0.6 is 0 Å². The highest BCUT2D eigenvalue weighted by molar-refractivity contribution is 6.11. The van der Waals surface area contributed by atoms with Crippen molar-refractivity contribution in [3.63, 3.8) is 0 Å². The van der Waals surface area contributed by atoms with E-state index in [0.29, 0.717) is 17.0 Å². The number of aromatic nitrogens is 2. The molecule has 1 atom stereocenters. The lowest BCUT2D eigenvalue weighted by Crippen LogP contribution is -2.08. The van der Waals surface area contributed by atoms with Gasteiger partial charge in [0.05, 0.1) is 39.4 Å². The summed E-state index contributed by atoms with van der Waals surface area (Å²) in [5.74, 6) is 0.456. The lowest BCUT2D eigenvalue weighted by atomic mass is 9.94. The molecule has 2 heterocycles. The summed E-state index contributed by atoms with van der Waals surface area (Å²) >= 11 is 0. The van der Waals surface area contributed by atoms with Gasteiger partial charge in [0, 0.05) is 44.2 Å². The van der Waals surface area contributed by atoms with Crippen LogP contribution < -0.4 is 0 Å². The predicted molar refractivity (Wildman–Crippen MR) is 200 cm³/mol. The van der Waals surface area contributed by atoms with Crippen molar-refractivity contribution in [2.45, 2.75) is 13.3 Å². The highest BCUT2D eigenvalue weighted by atomic mass is 15.0. The van der Waals surface area contributed by atoms with E-state index in [9.17, 15) is 10.5 Å². The Morgan fingerprint density at radius 3 is 2.02 bits per heavy atom. The molecule has 230 valence electrons. The van der Waals surface area contributed by atoms with Crippen molar-refractivity contribution in [2.24, 2.45) is 5.92 Å². The van der Waals surface area contributed by atoms with Crippen LogP contribution in [0, 0.1) is 28.6 Å². The van der Waals surface area contributed by atoms with Gasteiger partial charge in [0.15, 0.2) is 0 Å². The number of fused-ring (bicyclic) bond motifs is 6. The molecular formula is C45H30N4. The minimum atomic E-state index is 0.456. The van der Waals surface area contributed by atoms with E-state index in [4.69, 9.17) is 0 Å². The van der Waals surface area contributed by atoms with Crippen LogP contribution in [0.5, 0.6) is 0 Å². The topological polar surface area (TPSA) is 57.4 Å². The Labute approximate surface area is 284 Å². The molecule has 8 aromatic rings. The summed E-state index contributed by atoms with van der Waals surface area (Å²) in [5, 5.41) is 23.7. The number of nitrogens with zero attached hydrogens (tertiary/aromatic N) is 4. The first-order valence-electron chi connectivity index (χ1n) is 16.6. The lowest BCUT2D eigenvalue weighted by molar-refractivity contribution is 0.690. The van der Waals surface area contributed by atoms with Gasteiger partial charge in [-0.2, -0.15) is 10.5 Å². The average molecular weight is 627 g/mol. The van der Waals surface area contributed by atoms with Crippen LogP contribution in [0.25, 0.3) is 72.4 Å². The summed E-state index contributed by atoms with van der Waals surface area (Å²) < 4.78 is 4.60. The molecule has 0 saturated carbocycles. The van der Waals surface area contributed by atoms with E-state index in [-0.39, 0.29) is 0 Å². The van der Waals surface area contributed by atoms with Crippen molar-refractivity contribution >= 4 is 38.8 Å². The average Bonchev–Trinajstić information content (AvgIpc) is 3.67. The van der Waals surface area contributed by atoms with Crippen LogP contribution in [0.1, 0.15) is 29.3 Å². The van der Waals surface area contributed by atoms with Gasteiger partial charge in [-0.05, 0) is 65.9 Å². The first-order chi connectivity index (χ1) is 24.1. The molecule has 0 spiro atoms. The molecule has 6 aromatic carbocycles. The fraction of sp³-hybridized carbons (Fsp3) is 0.0667. The third-order valence-corrected chi connectivity index (χ3v) is 9.97. The number of allylic oxidation sites excluding steroid dienone is 1. The quantitative estimate of drug-likeness (QED) is 0.195. The summed E-state index contributed by atoms with van der Waals surface area (Å²) in [6, 6.07) is 50.8. The largest absolute Gasteiger partial charge is 0.313 e. The maximum absolute atomic E-state index is 10.2. The van der Waals surface area contributed by atoms with Crippen molar-refractivity contribution in [3.05, 3.63) is 162 Å². The van der Waals surface area contributed by atoms with Gasteiger partial charge in [0.2, 0.25) is 0 Å². The molecule has 0 radical (unpaired) electrons. The van der Waals surface area contributed by atoms with Gasteiger partial charge in [0.1, 0.15) is 6.07 Å². The normalized spacial score (nSPS) is 13.8. The van der Waals surface area contributed by atoms with E-state index >= 15 is 0 Å². The van der Waals surface area contributed by atoms with Crippen molar-refractivity contribution in [2.75, 3.05) is 0 Å². The number of hydrogen-bond donors (Lipinski definition) is 0. The molecular weight excluding hydrogens is 597 g/mol. The third-order valence-electron chi connectivity index (χ3n) is 9.97. The summed E-state index contributed by atoms with van der Waals surface area (Å²) in [6.45, 7) is 2.26. The van der Waals surface area contributed by atoms with Crippen molar-refractivity contribution in [1.82, 2.24) is 9.13 Å². The van der Waals surface area contributed by atoms with E-state index in [2.05, 4.69) is 137 Å². The molecule has 0 saturated heterocycles. The maximum atomic E-state index is 10.2. The minimum absolute atomic E-state index is 0.456. The maximum Gasteiger partial charge on any atom is 0.101 e. The van der Waals surface area contributed by atoms with Crippen LogP contribution in [0.2, 0.25) is 0 Å². The molecule has 9 rings (SSSR count). The first kappa shape index (κ1) is 28.6. The number of hydrogen-bond acceptors (Lipinski definition) is 2. The number of para-hydroxylation sites is 4. The molecule has 0 N–H and O–H groups in total. The first-order valence-corrected chi connectivity index (χ1v) is 16.6. The molecule has 1 aliphatic rings. The molecule has 1 aliphatic carbocycles. The second-order valence-electron chi connectivity index (χ2n) is 12.9. The van der Waals surface area contributed by atoms with Crippen LogP contribution in [0.3, 0.4) is 0 Å². The van der Waals surface area contributed by atoms with Crippen molar-refractivity contribution < 1.29 is 0 Å². The van der Waals surface area contributed by atoms with Crippen molar-refractivity contribution in [1.29, 1.82) is 10.5 Å². The van der Waals surface area contributed by atoms with E-state index in [1.165, 1.54) is 22.2 Å². The van der Waals surface area contributed by atoms with E-state index in [1.54, 1.807) is 0 Å². The number of benzene rings is 6. The van der Waals surface area contributed by atoms with Gasteiger partial charge in [-0.1, -0.05) is 110 Å². The molecule has 0 fully saturated rings. The zero-order valence-electron chi connectivity index (χ0n) is 26.9. The van der Waals surface area contributed by atoms with E-state index in [1.807, 2.05) is 36.4 Å². The summed E-state index contributed by atoms with van der Waals surface area (Å²) in [6.07, 6.45) is 5.53. The highest BCUT2D eigenvalue weighted by Gasteiger charge is 2.22. The summed E-state index contributed by atoms with van der Waals surface area (Å²) in [4.78, 5) is 0. The Kier molecular flexibility index (Phi) is 6.57. The Bertz CT molecular complexity index is 2720. The van der Waals surface area contributed by atoms with Crippen LogP contribution in [-0.2, 0) is 6.42 Å². The third kappa shape index (κ3) is 4.43. The molecule has 2 aromatic heterocycles. The van der Waals surface area contributed by atoms with Crippen molar-refractivity contribution in [3.8, 4) is 45.8 Å². The van der Waals surface area contributed by atoms with Gasteiger partial charge in [-0.3, -0.25) is 0 Å². The number of rotatable bonds is 4. The van der Waals surface area contributed by atoms with Gasteiger partial charge in [-0.25, -0.2) is 0 Å². The molecule has 4 heteroatoms. The Morgan fingerprint density at radius 1 is 0.592 bits per heavy atom. The summed E-state index contributed by atoms with van der Waals surface area (Å²) in [5.41, 5.74) is 13.1. The van der Waals surface area contributed by atoms with Gasteiger partial charge in [-0.15, -0.1) is 0 Å². The predicted octanol–water partition coefficient (Wildman–Crippen LogP) is 11.0.